The van der Waals surface area contributed by atoms with Crippen molar-refractivity contribution in [1.29, 1.82) is 0 Å². The van der Waals surface area contributed by atoms with Crippen LogP contribution in [0.2, 0.25) is 0 Å². The van der Waals surface area contributed by atoms with Gasteiger partial charge in [0.15, 0.2) is 5.16 Å². The highest BCUT2D eigenvalue weighted by Crippen LogP contribution is 2.22. The van der Waals surface area contributed by atoms with E-state index in [1.54, 1.807) is 11.6 Å². The molecule has 0 spiro atoms. The Balaban J connectivity index is 1.58. The maximum atomic E-state index is 12.5. The summed E-state index contributed by atoms with van der Waals surface area (Å²) in [6.45, 7) is 6.10. The van der Waals surface area contributed by atoms with Crippen LogP contribution < -0.4 is 10.6 Å². The Morgan fingerprint density at radius 1 is 0.938 bits per heavy atom. The summed E-state index contributed by atoms with van der Waals surface area (Å²) in [4.78, 5) is 25.0. The molecule has 0 fully saturated rings. The van der Waals surface area contributed by atoms with Gasteiger partial charge in [-0.25, -0.2) is 0 Å². The summed E-state index contributed by atoms with van der Waals surface area (Å²) >= 11 is 1.30. The van der Waals surface area contributed by atoms with Crippen LogP contribution in [-0.4, -0.2) is 32.3 Å². The lowest BCUT2D eigenvalue weighted by molar-refractivity contribution is -0.116. The van der Waals surface area contributed by atoms with Crippen LogP contribution in [0.5, 0.6) is 0 Å². The van der Waals surface area contributed by atoms with Gasteiger partial charge in [0, 0.05) is 18.4 Å². The summed E-state index contributed by atoms with van der Waals surface area (Å²) < 4.78 is 1.76. The Hall–Kier alpha value is -3.13. The standard InChI is InChI=1S/C24H29N5O2S/c1-5-17-11-7-8-13-19(17)25-21(30)14-20-27-28-24(29(20)4)32-15-22(31)26-23-16(3)10-9-12-18(23)6-2/h7-13H,5-6,14-15H2,1-4H3,(H,25,30)(H,26,31). The first-order valence-corrected chi connectivity index (χ1v) is 11.7. The fourth-order valence-corrected chi connectivity index (χ4v) is 4.15. The molecule has 3 rings (SSSR count). The van der Waals surface area contributed by atoms with E-state index in [0.29, 0.717) is 11.0 Å². The number of amides is 2. The predicted octanol–water partition coefficient (Wildman–Crippen LogP) is 4.16. The molecule has 32 heavy (non-hydrogen) atoms. The Morgan fingerprint density at radius 3 is 2.41 bits per heavy atom. The minimum Gasteiger partial charge on any atom is -0.325 e. The van der Waals surface area contributed by atoms with E-state index in [0.717, 1.165) is 40.9 Å². The third-order valence-corrected chi connectivity index (χ3v) is 6.27. The van der Waals surface area contributed by atoms with Crippen LogP contribution >= 0.6 is 11.8 Å². The number of carbonyl (C=O) groups is 2. The summed E-state index contributed by atoms with van der Waals surface area (Å²) in [6.07, 6.45) is 1.80. The quantitative estimate of drug-likeness (QED) is 0.477. The molecular formula is C24H29N5O2S. The third-order valence-electron chi connectivity index (χ3n) is 5.25. The van der Waals surface area contributed by atoms with Crippen LogP contribution in [0.15, 0.2) is 47.6 Å². The van der Waals surface area contributed by atoms with Crippen molar-refractivity contribution in [3.8, 4) is 0 Å². The molecule has 2 aromatic carbocycles. The van der Waals surface area contributed by atoms with Crippen LogP contribution in [-0.2, 0) is 35.9 Å². The van der Waals surface area contributed by atoms with E-state index in [9.17, 15) is 9.59 Å². The van der Waals surface area contributed by atoms with Gasteiger partial charge < -0.3 is 15.2 Å². The van der Waals surface area contributed by atoms with Crippen molar-refractivity contribution in [3.05, 3.63) is 65.0 Å². The van der Waals surface area contributed by atoms with Gasteiger partial charge in [-0.1, -0.05) is 62.0 Å². The van der Waals surface area contributed by atoms with E-state index in [1.165, 1.54) is 11.8 Å². The SMILES string of the molecule is CCc1ccccc1NC(=O)Cc1nnc(SCC(=O)Nc2c(C)cccc2CC)n1C. The number of nitrogens with one attached hydrogen (secondary N) is 2. The first kappa shape index (κ1) is 23.5. The molecule has 0 unspecified atom stereocenters. The van der Waals surface area contributed by atoms with Gasteiger partial charge in [0.05, 0.1) is 12.2 Å². The Kier molecular flexibility index (Phi) is 8.05. The van der Waals surface area contributed by atoms with E-state index in [4.69, 9.17) is 0 Å². The molecule has 1 heterocycles. The third kappa shape index (κ3) is 5.76. The fourth-order valence-electron chi connectivity index (χ4n) is 3.42. The zero-order chi connectivity index (χ0) is 23.1. The summed E-state index contributed by atoms with van der Waals surface area (Å²) in [5.41, 5.74) is 4.93. The molecule has 168 valence electrons. The van der Waals surface area contributed by atoms with Crippen molar-refractivity contribution in [2.45, 2.75) is 45.2 Å². The molecule has 3 aromatic rings. The smallest absolute Gasteiger partial charge is 0.234 e. The number of aryl methyl sites for hydroxylation is 3. The average Bonchev–Trinajstić information content (AvgIpc) is 3.13. The summed E-state index contributed by atoms with van der Waals surface area (Å²) in [7, 11) is 1.80. The van der Waals surface area contributed by atoms with E-state index in [1.807, 2.05) is 49.4 Å². The normalized spacial score (nSPS) is 10.8. The average molecular weight is 452 g/mol. The molecule has 7 nitrogen and oxygen atoms in total. The summed E-state index contributed by atoms with van der Waals surface area (Å²) in [5.74, 6) is 0.505. The van der Waals surface area contributed by atoms with Gasteiger partial charge in [0.25, 0.3) is 0 Å². The van der Waals surface area contributed by atoms with E-state index < -0.39 is 0 Å². The molecule has 0 radical (unpaired) electrons. The number of thioether (sulfide) groups is 1. The van der Waals surface area contributed by atoms with Crippen molar-refractivity contribution < 1.29 is 9.59 Å². The zero-order valence-electron chi connectivity index (χ0n) is 18.9. The number of nitrogens with zero attached hydrogens (tertiary/aromatic N) is 3. The number of rotatable bonds is 9. The van der Waals surface area contributed by atoms with E-state index >= 15 is 0 Å². The topological polar surface area (TPSA) is 88.9 Å². The Morgan fingerprint density at radius 2 is 1.66 bits per heavy atom. The number of hydrogen-bond acceptors (Lipinski definition) is 5. The minimum absolute atomic E-state index is 0.0996. The first-order valence-electron chi connectivity index (χ1n) is 10.7. The molecule has 2 N–H and O–H groups in total. The number of anilines is 2. The van der Waals surface area contributed by atoms with Crippen molar-refractivity contribution >= 4 is 35.0 Å². The second kappa shape index (κ2) is 10.9. The van der Waals surface area contributed by atoms with Gasteiger partial charge in [0.1, 0.15) is 5.82 Å². The highest BCUT2D eigenvalue weighted by Gasteiger charge is 2.16. The van der Waals surface area contributed by atoms with Crippen LogP contribution in [0, 0.1) is 6.92 Å². The van der Waals surface area contributed by atoms with Crippen molar-refractivity contribution in [1.82, 2.24) is 14.8 Å². The highest BCUT2D eigenvalue weighted by molar-refractivity contribution is 7.99. The maximum absolute atomic E-state index is 12.5. The molecule has 0 aliphatic heterocycles. The molecule has 0 aliphatic rings. The number of carbonyl (C=O) groups excluding carboxylic acids is 2. The second-order valence-electron chi connectivity index (χ2n) is 7.49. The molecular weight excluding hydrogens is 422 g/mol. The number of benzene rings is 2. The molecule has 1 aromatic heterocycles. The maximum Gasteiger partial charge on any atom is 0.234 e. The van der Waals surface area contributed by atoms with Gasteiger partial charge in [-0.15, -0.1) is 10.2 Å². The first-order chi connectivity index (χ1) is 15.4. The molecule has 0 bridgehead atoms. The van der Waals surface area contributed by atoms with Crippen LogP contribution in [0.4, 0.5) is 11.4 Å². The fraction of sp³-hybridized carbons (Fsp3) is 0.333. The van der Waals surface area contributed by atoms with Gasteiger partial charge in [-0.2, -0.15) is 0 Å². The Bertz CT molecular complexity index is 1110. The lowest BCUT2D eigenvalue weighted by atomic mass is 10.1. The van der Waals surface area contributed by atoms with E-state index in [2.05, 4.69) is 34.7 Å². The summed E-state index contributed by atoms with van der Waals surface area (Å²) in [5, 5.41) is 14.9. The molecule has 8 heteroatoms. The zero-order valence-corrected chi connectivity index (χ0v) is 19.8. The monoisotopic (exact) mass is 451 g/mol. The number of aromatic nitrogens is 3. The van der Waals surface area contributed by atoms with Crippen LogP contribution in [0.1, 0.15) is 36.4 Å². The second-order valence-corrected chi connectivity index (χ2v) is 8.44. The van der Waals surface area contributed by atoms with Gasteiger partial charge >= 0.3 is 0 Å². The van der Waals surface area contributed by atoms with E-state index in [-0.39, 0.29) is 24.0 Å². The molecule has 0 atom stereocenters. The van der Waals surface area contributed by atoms with Gasteiger partial charge in [-0.3, -0.25) is 9.59 Å². The van der Waals surface area contributed by atoms with Gasteiger partial charge in [-0.05, 0) is 42.5 Å². The van der Waals surface area contributed by atoms with Crippen molar-refractivity contribution in [2.24, 2.45) is 7.05 Å². The van der Waals surface area contributed by atoms with Crippen LogP contribution in [0.25, 0.3) is 0 Å². The highest BCUT2D eigenvalue weighted by atomic mass is 32.2. The molecule has 0 saturated heterocycles. The predicted molar refractivity (Wildman–Crippen MR) is 129 cm³/mol. The largest absolute Gasteiger partial charge is 0.325 e. The van der Waals surface area contributed by atoms with Crippen LogP contribution in [0.3, 0.4) is 0 Å². The molecule has 0 aliphatic carbocycles. The summed E-state index contributed by atoms with van der Waals surface area (Å²) in [6, 6.07) is 13.8. The lowest BCUT2D eigenvalue weighted by Gasteiger charge is -2.12. The molecule has 0 saturated carbocycles. The minimum atomic E-state index is -0.151. The van der Waals surface area contributed by atoms with Gasteiger partial charge in [0.2, 0.25) is 11.8 Å². The Labute approximate surface area is 193 Å². The molecule has 2 amide bonds. The van der Waals surface area contributed by atoms with Crippen molar-refractivity contribution in [3.63, 3.8) is 0 Å². The number of para-hydroxylation sites is 2. The number of hydrogen-bond donors (Lipinski definition) is 2. The lowest BCUT2D eigenvalue weighted by Crippen LogP contribution is -2.18. The van der Waals surface area contributed by atoms with Crippen molar-refractivity contribution in [2.75, 3.05) is 16.4 Å².